The molecule has 130 valence electrons. The zero-order chi connectivity index (χ0) is 17.8. The molecule has 0 aliphatic rings. The van der Waals surface area contributed by atoms with Gasteiger partial charge in [-0.15, -0.1) is 0 Å². The van der Waals surface area contributed by atoms with Gasteiger partial charge in [-0.3, -0.25) is 0 Å². The third-order valence-electron chi connectivity index (χ3n) is 3.96. The van der Waals surface area contributed by atoms with Crippen LogP contribution in [0, 0.1) is 5.92 Å². The average Bonchev–Trinajstić information content (AvgIpc) is 2.29. The first-order valence-corrected chi connectivity index (χ1v) is 10.7. The molecule has 5 nitrogen and oxygen atoms in total. The SMILES string of the molecule is C[C@H](CO[Si](C)(C)C(C)(C)C)[C@H](C=O)NC(=O)OC(C)(C)C. The fourth-order valence-corrected chi connectivity index (χ4v) is 2.53. The molecule has 0 radical (unpaired) electrons. The van der Waals surface area contributed by atoms with Crippen molar-refractivity contribution in [1.29, 1.82) is 0 Å². The van der Waals surface area contributed by atoms with Crippen LogP contribution in [0.4, 0.5) is 4.79 Å². The number of nitrogens with one attached hydrogen (secondary N) is 1. The summed E-state index contributed by atoms with van der Waals surface area (Å²) in [4.78, 5) is 23.0. The Labute approximate surface area is 136 Å². The monoisotopic (exact) mass is 331 g/mol. The van der Waals surface area contributed by atoms with Crippen molar-refractivity contribution in [2.24, 2.45) is 5.92 Å². The van der Waals surface area contributed by atoms with Gasteiger partial charge in [-0.2, -0.15) is 0 Å². The maximum absolute atomic E-state index is 11.8. The number of hydrogen-bond donors (Lipinski definition) is 1. The molecular weight excluding hydrogens is 298 g/mol. The Hall–Kier alpha value is -0.883. The molecule has 2 atom stereocenters. The summed E-state index contributed by atoms with van der Waals surface area (Å²) < 4.78 is 11.3. The Morgan fingerprint density at radius 3 is 2.05 bits per heavy atom. The molecule has 0 saturated carbocycles. The normalized spacial score (nSPS) is 15.9. The molecule has 0 bridgehead atoms. The van der Waals surface area contributed by atoms with Crippen molar-refractivity contribution in [2.75, 3.05) is 6.61 Å². The molecule has 0 aromatic carbocycles. The van der Waals surface area contributed by atoms with Crippen molar-refractivity contribution < 1.29 is 18.8 Å². The number of alkyl carbamates (subject to hydrolysis) is 1. The van der Waals surface area contributed by atoms with Crippen LogP contribution in [-0.2, 0) is 14.0 Å². The fourth-order valence-electron chi connectivity index (χ4n) is 1.41. The Balaban J connectivity index is 4.58. The number of aldehydes is 1. The molecule has 1 amide bonds. The molecule has 0 heterocycles. The minimum Gasteiger partial charge on any atom is -0.444 e. The predicted molar refractivity (Wildman–Crippen MR) is 91.5 cm³/mol. The summed E-state index contributed by atoms with van der Waals surface area (Å²) in [5.41, 5.74) is -0.585. The van der Waals surface area contributed by atoms with Crippen LogP contribution in [-0.4, -0.2) is 38.9 Å². The maximum atomic E-state index is 11.8. The van der Waals surface area contributed by atoms with Crippen LogP contribution in [0.3, 0.4) is 0 Å². The van der Waals surface area contributed by atoms with Crippen LogP contribution in [0.2, 0.25) is 18.1 Å². The highest BCUT2D eigenvalue weighted by molar-refractivity contribution is 6.74. The summed E-state index contributed by atoms with van der Waals surface area (Å²) in [5.74, 6) is -0.112. The maximum Gasteiger partial charge on any atom is 0.408 e. The first kappa shape index (κ1) is 21.1. The van der Waals surface area contributed by atoms with E-state index in [1.807, 2.05) is 6.92 Å². The lowest BCUT2D eigenvalue weighted by atomic mass is 10.1. The molecule has 1 N–H and O–H groups in total. The predicted octanol–water partition coefficient (Wildman–Crippen LogP) is 3.74. The van der Waals surface area contributed by atoms with E-state index in [1.54, 1.807) is 20.8 Å². The molecule has 22 heavy (non-hydrogen) atoms. The summed E-state index contributed by atoms with van der Waals surface area (Å²) in [6.07, 6.45) is 0.160. The number of ether oxygens (including phenoxy) is 1. The van der Waals surface area contributed by atoms with Gasteiger partial charge in [0.25, 0.3) is 0 Å². The average molecular weight is 332 g/mol. The van der Waals surface area contributed by atoms with Gasteiger partial charge in [-0.25, -0.2) is 4.79 Å². The van der Waals surface area contributed by atoms with Crippen molar-refractivity contribution in [2.45, 2.75) is 78.2 Å². The van der Waals surface area contributed by atoms with E-state index >= 15 is 0 Å². The molecule has 0 aliphatic heterocycles. The summed E-state index contributed by atoms with van der Waals surface area (Å²) >= 11 is 0. The second-order valence-corrected chi connectivity index (χ2v) is 13.2. The lowest BCUT2D eigenvalue weighted by Crippen LogP contribution is -2.47. The van der Waals surface area contributed by atoms with E-state index in [2.05, 4.69) is 39.2 Å². The quantitative estimate of drug-likeness (QED) is 0.595. The standard InChI is InChI=1S/C16H33NO4Si/c1-12(11-20-22(8,9)16(5,6)7)13(10-18)17-14(19)21-15(2,3)4/h10,12-13H,11H2,1-9H3,(H,17,19)/t12-,13+/m1/s1. The smallest absolute Gasteiger partial charge is 0.408 e. The van der Waals surface area contributed by atoms with E-state index in [9.17, 15) is 9.59 Å². The molecule has 0 aliphatic carbocycles. The van der Waals surface area contributed by atoms with Crippen molar-refractivity contribution in [3.05, 3.63) is 0 Å². The Kier molecular flexibility index (Phi) is 7.29. The molecule has 0 spiro atoms. The number of amides is 1. The molecule has 6 heteroatoms. The molecule has 0 aromatic heterocycles. The van der Waals surface area contributed by atoms with Gasteiger partial charge >= 0.3 is 6.09 Å². The molecule has 0 rings (SSSR count). The van der Waals surface area contributed by atoms with Gasteiger partial charge in [0, 0.05) is 12.5 Å². The van der Waals surface area contributed by atoms with Crippen molar-refractivity contribution in [3.63, 3.8) is 0 Å². The minimum absolute atomic E-state index is 0.112. The fraction of sp³-hybridized carbons (Fsp3) is 0.875. The van der Waals surface area contributed by atoms with E-state index in [4.69, 9.17) is 9.16 Å². The summed E-state index contributed by atoms with van der Waals surface area (Å²) in [6.45, 7) is 18.5. The van der Waals surface area contributed by atoms with Crippen molar-refractivity contribution in [3.8, 4) is 0 Å². The highest BCUT2D eigenvalue weighted by Crippen LogP contribution is 2.36. The molecular formula is C16H33NO4Si. The topological polar surface area (TPSA) is 64.6 Å². The summed E-state index contributed by atoms with van der Waals surface area (Å²) in [6, 6.07) is -0.611. The molecule has 0 aromatic rings. The van der Waals surface area contributed by atoms with Crippen LogP contribution >= 0.6 is 0 Å². The van der Waals surface area contributed by atoms with Gasteiger partial charge in [-0.05, 0) is 38.9 Å². The van der Waals surface area contributed by atoms with Crippen molar-refractivity contribution in [1.82, 2.24) is 5.32 Å². The third kappa shape index (κ3) is 7.40. The summed E-state index contributed by atoms with van der Waals surface area (Å²) in [7, 11) is -1.86. The Morgan fingerprint density at radius 1 is 1.18 bits per heavy atom. The van der Waals surface area contributed by atoms with Gasteiger partial charge in [0.1, 0.15) is 11.9 Å². The lowest BCUT2D eigenvalue weighted by Gasteiger charge is -2.37. The van der Waals surface area contributed by atoms with Crippen LogP contribution < -0.4 is 5.32 Å². The van der Waals surface area contributed by atoms with Crippen molar-refractivity contribution >= 4 is 20.7 Å². The van der Waals surface area contributed by atoms with E-state index in [0.29, 0.717) is 6.61 Å². The van der Waals surface area contributed by atoms with E-state index in [1.165, 1.54) is 0 Å². The first-order chi connectivity index (χ1) is 9.69. The van der Waals surface area contributed by atoms with Gasteiger partial charge in [0.15, 0.2) is 8.32 Å². The zero-order valence-electron chi connectivity index (χ0n) is 15.6. The van der Waals surface area contributed by atoms with Gasteiger partial charge < -0.3 is 19.3 Å². The number of rotatable bonds is 6. The minimum atomic E-state index is -1.86. The highest BCUT2D eigenvalue weighted by atomic mass is 28.4. The van der Waals surface area contributed by atoms with Crippen LogP contribution in [0.1, 0.15) is 48.5 Å². The largest absolute Gasteiger partial charge is 0.444 e. The number of carbonyl (C=O) groups excluding carboxylic acids is 2. The summed E-state index contributed by atoms with van der Waals surface area (Å²) in [5, 5.41) is 2.72. The second-order valence-electron chi connectivity index (χ2n) is 8.36. The highest BCUT2D eigenvalue weighted by Gasteiger charge is 2.38. The second kappa shape index (κ2) is 7.59. The molecule has 0 fully saturated rings. The number of hydrogen-bond acceptors (Lipinski definition) is 4. The van der Waals surface area contributed by atoms with Crippen LogP contribution in [0.5, 0.6) is 0 Å². The molecule has 0 saturated heterocycles. The van der Waals surface area contributed by atoms with E-state index in [0.717, 1.165) is 6.29 Å². The van der Waals surface area contributed by atoms with Gasteiger partial charge in [-0.1, -0.05) is 27.7 Å². The lowest BCUT2D eigenvalue weighted by molar-refractivity contribution is -0.110. The van der Waals surface area contributed by atoms with Crippen LogP contribution in [0.15, 0.2) is 0 Å². The van der Waals surface area contributed by atoms with Gasteiger partial charge in [0.05, 0.1) is 6.04 Å². The third-order valence-corrected chi connectivity index (χ3v) is 8.46. The van der Waals surface area contributed by atoms with Crippen LogP contribution in [0.25, 0.3) is 0 Å². The zero-order valence-corrected chi connectivity index (χ0v) is 16.6. The number of carbonyl (C=O) groups is 2. The van der Waals surface area contributed by atoms with E-state index in [-0.39, 0.29) is 11.0 Å². The van der Waals surface area contributed by atoms with Gasteiger partial charge in [0.2, 0.25) is 0 Å². The van der Waals surface area contributed by atoms with E-state index < -0.39 is 26.1 Å². The first-order valence-electron chi connectivity index (χ1n) is 7.78. The molecule has 0 unspecified atom stereocenters. The Bertz CT molecular complexity index is 383. The Morgan fingerprint density at radius 2 is 1.68 bits per heavy atom.